The summed E-state index contributed by atoms with van der Waals surface area (Å²) in [5, 5.41) is 10.1. The Morgan fingerprint density at radius 2 is 2.06 bits per heavy atom. The molecule has 3 atom stereocenters. The fourth-order valence-corrected chi connectivity index (χ4v) is 3.53. The first-order valence-electron chi connectivity index (χ1n) is 7.25. The molecule has 2 fully saturated rings. The van der Waals surface area contributed by atoms with Crippen molar-refractivity contribution in [2.45, 2.75) is 64.0 Å². The largest absolute Gasteiger partial charge is 0.393 e. The number of nitrogens with zero attached hydrogens (tertiary/aromatic N) is 1. The van der Waals surface area contributed by atoms with Gasteiger partial charge in [-0.3, -0.25) is 4.90 Å². The minimum atomic E-state index is -0.0366. The Labute approximate surface area is 106 Å². The van der Waals surface area contributed by atoms with Crippen molar-refractivity contribution in [1.82, 2.24) is 4.90 Å². The van der Waals surface area contributed by atoms with E-state index in [2.05, 4.69) is 18.4 Å². The van der Waals surface area contributed by atoms with Crippen LogP contribution in [0.3, 0.4) is 0 Å². The van der Waals surface area contributed by atoms with E-state index in [1.165, 1.54) is 44.2 Å². The van der Waals surface area contributed by atoms with Crippen LogP contribution in [0.4, 0.5) is 0 Å². The van der Waals surface area contributed by atoms with Gasteiger partial charge in [-0.15, -0.1) is 6.58 Å². The van der Waals surface area contributed by atoms with Crippen molar-refractivity contribution >= 4 is 0 Å². The van der Waals surface area contributed by atoms with Crippen LogP contribution in [0.5, 0.6) is 0 Å². The molecule has 2 heteroatoms. The number of rotatable bonds is 4. The molecule has 0 bridgehead atoms. The van der Waals surface area contributed by atoms with Crippen molar-refractivity contribution in [3.05, 3.63) is 12.2 Å². The molecule has 0 amide bonds. The molecule has 1 aliphatic heterocycles. The Kier molecular flexibility index (Phi) is 4.63. The topological polar surface area (TPSA) is 23.5 Å². The molecule has 1 N–H and O–H groups in total. The number of hydrogen-bond donors (Lipinski definition) is 1. The van der Waals surface area contributed by atoms with Gasteiger partial charge in [-0.2, -0.15) is 0 Å². The lowest BCUT2D eigenvalue weighted by molar-refractivity contribution is 0.0362. The van der Waals surface area contributed by atoms with Crippen LogP contribution in [0.15, 0.2) is 12.2 Å². The quantitative estimate of drug-likeness (QED) is 0.760. The smallest absolute Gasteiger partial charge is 0.0583 e. The third-order valence-electron chi connectivity index (χ3n) is 4.52. The second-order valence-corrected chi connectivity index (χ2v) is 5.97. The van der Waals surface area contributed by atoms with E-state index in [0.29, 0.717) is 12.0 Å². The molecule has 1 heterocycles. The minimum Gasteiger partial charge on any atom is -0.393 e. The first kappa shape index (κ1) is 13.1. The van der Waals surface area contributed by atoms with Gasteiger partial charge < -0.3 is 5.11 Å². The van der Waals surface area contributed by atoms with Crippen LogP contribution >= 0.6 is 0 Å². The van der Waals surface area contributed by atoms with E-state index in [1.54, 1.807) is 0 Å². The Hall–Kier alpha value is -0.340. The molecule has 3 unspecified atom stereocenters. The summed E-state index contributed by atoms with van der Waals surface area (Å²) in [6.07, 6.45) is 8.51. The molecule has 1 saturated heterocycles. The second kappa shape index (κ2) is 6.01. The van der Waals surface area contributed by atoms with Crippen LogP contribution < -0.4 is 0 Å². The van der Waals surface area contributed by atoms with Crippen molar-refractivity contribution in [3.63, 3.8) is 0 Å². The summed E-state index contributed by atoms with van der Waals surface area (Å²) < 4.78 is 0. The summed E-state index contributed by atoms with van der Waals surface area (Å²) in [6.45, 7) is 8.48. The Bertz CT molecular complexity index is 264. The van der Waals surface area contributed by atoms with Gasteiger partial charge in [0.05, 0.1) is 6.10 Å². The first-order chi connectivity index (χ1) is 8.18. The molecule has 0 aromatic heterocycles. The third-order valence-corrected chi connectivity index (χ3v) is 4.52. The summed E-state index contributed by atoms with van der Waals surface area (Å²) in [6, 6.07) is 0.639. The average Bonchev–Trinajstić information content (AvgIpc) is 2.73. The van der Waals surface area contributed by atoms with Crippen LogP contribution in [0.25, 0.3) is 0 Å². The van der Waals surface area contributed by atoms with Crippen molar-refractivity contribution in [3.8, 4) is 0 Å². The second-order valence-electron chi connectivity index (χ2n) is 5.97. The molecule has 98 valence electrons. The van der Waals surface area contributed by atoms with Gasteiger partial charge in [0, 0.05) is 18.5 Å². The van der Waals surface area contributed by atoms with Crippen molar-refractivity contribution < 1.29 is 5.11 Å². The molecule has 17 heavy (non-hydrogen) atoms. The van der Waals surface area contributed by atoms with Crippen LogP contribution in [0.2, 0.25) is 0 Å². The van der Waals surface area contributed by atoms with Crippen molar-refractivity contribution in [1.29, 1.82) is 0 Å². The van der Waals surface area contributed by atoms with Gasteiger partial charge in [-0.25, -0.2) is 0 Å². The minimum absolute atomic E-state index is 0.0366. The highest BCUT2D eigenvalue weighted by Gasteiger charge is 2.36. The van der Waals surface area contributed by atoms with E-state index in [4.69, 9.17) is 0 Å². The Morgan fingerprint density at radius 1 is 1.24 bits per heavy atom. The maximum atomic E-state index is 10.1. The van der Waals surface area contributed by atoms with Gasteiger partial charge in [0.25, 0.3) is 0 Å². The summed E-state index contributed by atoms with van der Waals surface area (Å²) in [5.41, 5.74) is 1.28. The van der Waals surface area contributed by atoms with E-state index in [9.17, 15) is 5.11 Å². The highest BCUT2D eigenvalue weighted by atomic mass is 16.3. The summed E-state index contributed by atoms with van der Waals surface area (Å²) >= 11 is 0. The average molecular weight is 237 g/mol. The zero-order valence-electron chi connectivity index (χ0n) is 11.2. The van der Waals surface area contributed by atoms with Gasteiger partial charge in [0.15, 0.2) is 0 Å². The number of hydrogen-bond acceptors (Lipinski definition) is 2. The zero-order valence-corrected chi connectivity index (χ0v) is 11.2. The fraction of sp³-hybridized carbons (Fsp3) is 0.867. The first-order valence-corrected chi connectivity index (χ1v) is 7.25. The highest BCUT2D eigenvalue weighted by molar-refractivity contribution is 4.93. The van der Waals surface area contributed by atoms with Crippen molar-refractivity contribution in [2.75, 3.05) is 13.1 Å². The van der Waals surface area contributed by atoms with E-state index in [0.717, 1.165) is 19.4 Å². The molecule has 2 aliphatic rings. The van der Waals surface area contributed by atoms with Gasteiger partial charge in [-0.05, 0) is 45.6 Å². The third kappa shape index (κ3) is 3.32. The van der Waals surface area contributed by atoms with E-state index < -0.39 is 0 Å². The fourth-order valence-electron chi connectivity index (χ4n) is 3.53. The predicted octanol–water partition coefficient (Wildman–Crippen LogP) is 2.97. The standard InChI is InChI=1S/C15H27NO/c1-12(2)9-11-16-10-4-3-7-14(16)13-6-5-8-15(13)17/h13-15,17H,1,3-11H2,2H3. The van der Waals surface area contributed by atoms with Crippen LogP contribution in [-0.2, 0) is 0 Å². The van der Waals surface area contributed by atoms with Gasteiger partial charge >= 0.3 is 0 Å². The molecule has 0 spiro atoms. The maximum Gasteiger partial charge on any atom is 0.0583 e. The lowest BCUT2D eigenvalue weighted by Gasteiger charge is -2.40. The molecular weight excluding hydrogens is 210 g/mol. The highest BCUT2D eigenvalue weighted by Crippen LogP contribution is 2.35. The van der Waals surface area contributed by atoms with Gasteiger partial charge in [-0.1, -0.05) is 18.4 Å². The van der Waals surface area contributed by atoms with Crippen LogP contribution in [-0.4, -0.2) is 35.2 Å². The Balaban J connectivity index is 1.93. The molecule has 0 aromatic carbocycles. The number of aliphatic hydroxyl groups excluding tert-OH is 1. The van der Waals surface area contributed by atoms with E-state index in [-0.39, 0.29) is 6.10 Å². The molecule has 1 aliphatic carbocycles. The molecular formula is C15H27NO. The molecule has 2 rings (SSSR count). The van der Waals surface area contributed by atoms with E-state index >= 15 is 0 Å². The SMILES string of the molecule is C=C(C)CCN1CCCCC1C1CCCC1O. The monoisotopic (exact) mass is 237 g/mol. The van der Waals surface area contributed by atoms with Gasteiger partial charge in [0.2, 0.25) is 0 Å². The molecule has 2 nitrogen and oxygen atoms in total. The molecule has 0 radical (unpaired) electrons. The normalized spacial score (nSPS) is 35.1. The zero-order chi connectivity index (χ0) is 12.3. The van der Waals surface area contributed by atoms with Crippen LogP contribution in [0.1, 0.15) is 51.9 Å². The lowest BCUT2D eigenvalue weighted by atomic mass is 9.87. The predicted molar refractivity (Wildman–Crippen MR) is 72.0 cm³/mol. The molecule has 0 aromatic rings. The number of likely N-dealkylation sites (tertiary alicyclic amines) is 1. The maximum absolute atomic E-state index is 10.1. The van der Waals surface area contributed by atoms with Crippen molar-refractivity contribution in [2.24, 2.45) is 5.92 Å². The summed E-state index contributed by atoms with van der Waals surface area (Å²) in [7, 11) is 0. The summed E-state index contributed by atoms with van der Waals surface area (Å²) in [5.74, 6) is 0.542. The number of piperidine rings is 1. The lowest BCUT2D eigenvalue weighted by Crippen LogP contribution is -2.46. The molecule has 1 saturated carbocycles. The van der Waals surface area contributed by atoms with Gasteiger partial charge in [0.1, 0.15) is 0 Å². The Morgan fingerprint density at radius 3 is 2.71 bits per heavy atom. The number of aliphatic hydroxyl groups is 1. The van der Waals surface area contributed by atoms with E-state index in [1.807, 2.05) is 0 Å². The summed E-state index contributed by atoms with van der Waals surface area (Å²) in [4.78, 5) is 2.62. The van der Waals surface area contributed by atoms with Crippen LogP contribution in [0, 0.1) is 5.92 Å².